The molecule has 1 rings (SSSR count). The van der Waals surface area contributed by atoms with Crippen LogP contribution in [0, 0.1) is 0 Å². The monoisotopic (exact) mass is 228 g/mol. The van der Waals surface area contributed by atoms with Crippen molar-refractivity contribution in [2.24, 2.45) is 0 Å². The van der Waals surface area contributed by atoms with Crippen LogP contribution in [-0.2, 0) is 17.8 Å². The van der Waals surface area contributed by atoms with Crippen LogP contribution in [0.2, 0.25) is 0 Å². The summed E-state index contributed by atoms with van der Waals surface area (Å²) in [5.41, 5.74) is 0.691. The van der Waals surface area contributed by atoms with Gasteiger partial charge in [0.05, 0.1) is 12.1 Å². The van der Waals surface area contributed by atoms with Gasteiger partial charge in [-0.25, -0.2) is 4.98 Å². The minimum absolute atomic E-state index is 0.00597. The number of hydrogen-bond acceptors (Lipinski definition) is 4. The van der Waals surface area contributed by atoms with Crippen LogP contribution in [0.15, 0.2) is 5.38 Å². The molecular weight excluding hydrogens is 212 g/mol. The lowest BCUT2D eigenvalue weighted by Gasteiger charge is -2.19. The number of thiazole rings is 1. The van der Waals surface area contributed by atoms with Gasteiger partial charge in [0.15, 0.2) is 0 Å². The van der Waals surface area contributed by atoms with Crippen molar-refractivity contribution in [1.29, 1.82) is 0 Å². The van der Waals surface area contributed by atoms with E-state index < -0.39 is 5.97 Å². The maximum atomic E-state index is 10.4. The summed E-state index contributed by atoms with van der Waals surface area (Å²) in [5, 5.41) is 14.6. The van der Waals surface area contributed by atoms with E-state index in [1.54, 1.807) is 5.38 Å². The fraction of sp³-hybridized carbons (Fsp3) is 0.600. The summed E-state index contributed by atoms with van der Waals surface area (Å²) >= 11 is 1.50. The van der Waals surface area contributed by atoms with E-state index in [4.69, 9.17) is 5.11 Å². The largest absolute Gasteiger partial charge is 0.481 e. The van der Waals surface area contributed by atoms with Crippen molar-refractivity contribution < 1.29 is 9.90 Å². The lowest BCUT2D eigenvalue weighted by molar-refractivity contribution is -0.136. The van der Waals surface area contributed by atoms with Crippen LogP contribution in [0.5, 0.6) is 0 Å². The Balaban J connectivity index is 2.50. The first-order valence-corrected chi connectivity index (χ1v) is 5.65. The molecule has 0 aliphatic heterocycles. The summed E-state index contributed by atoms with van der Waals surface area (Å²) in [6.45, 7) is 6.93. The van der Waals surface area contributed by atoms with Gasteiger partial charge in [-0.15, -0.1) is 11.3 Å². The Morgan fingerprint density at radius 3 is 2.80 bits per heavy atom. The molecule has 84 valence electrons. The average molecular weight is 228 g/mol. The molecular formula is C10H16N2O2S. The number of carbonyl (C=O) groups is 1. The first-order valence-electron chi connectivity index (χ1n) is 4.77. The highest BCUT2D eigenvalue weighted by molar-refractivity contribution is 7.09. The molecule has 15 heavy (non-hydrogen) atoms. The summed E-state index contributed by atoms with van der Waals surface area (Å²) < 4.78 is 0. The first-order chi connectivity index (χ1) is 6.87. The Hall–Kier alpha value is -0.940. The second-order valence-electron chi connectivity index (χ2n) is 4.41. The highest BCUT2D eigenvalue weighted by atomic mass is 32.1. The predicted octanol–water partition coefficient (Wildman–Crippen LogP) is 1.66. The van der Waals surface area contributed by atoms with Gasteiger partial charge in [-0.1, -0.05) is 0 Å². The molecule has 0 unspecified atom stereocenters. The predicted molar refractivity (Wildman–Crippen MR) is 60.0 cm³/mol. The molecule has 0 amide bonds. The van der Waals surface area contributed by atoms with Crippen molar-refractivity contribution in [3.05, 3.63) is 16.1 Å². The van der Waals surface area contributed by atoms with Crippen molar-refractivity contribution in [1.82, 2.24) is 10.3 Å². The first kappa shape index (κ1) is 12.1. The Morgan fingerprint density at radius 1 is 1.60 bits per heavy atom. The van der Waals surface area contributed by atoms with E-state index in [9.17, 15) is 4.79 Å². The van der Waals surface area contributed by atoms with Gasteiger partial charge in [-0.2, -0.15) is 0 Å². The zero-order valence-corrected chi connectivity index (χ0v) is 10.0. The minimum atomic E-state index is -0.837. The van der Waals surface area contributed by atoms with Crippen LogP contribution in [0.25, 0.3) is 0 Å². The molecule has 0 atom stereocenters. The fourth-order valence-corrected chi connectivity index (χ4v) is 1.74. The molecule has 5 heteroatoms. The van der Waals surface area contributed by atoms with Gasteiger partial charge in [0.1, 0.15) is 5.01 Å². The van der Waals surface area contributed by atoms with Gasteiger partial charge < -0.3 is 10.4 Å². The van der Waals surface area contributed by atoms with E-state index in [1.165, 1.54) is 11.3 Å². The van der Waals surface area contributed by atoms with E-state index >= 15 is 0 Å². The quantitative estimate of drug-likeness (QED) is 0.822. The van der Waals surface area contributed by atoms with Crippen molar-refractivity contribution >= 4 is 17.3 Å². The van der Waals surface area contributed by atoms with Gasteiger partial charge in [-0.05, 0) is 20.8 Å². The van der Waals surface area contributed by atoms with Gasteiger partial charge in [0, 0.05) is 17.5 Å². The molecule has 2 N–H and O–H groups in total. The second kappa shape index (κ2) is 4.72. The molecule has 0 aromatic carbocycles. The second-order valence-corrected chi connectivity index (χ2v) is 5.35. The third-order valence-corrected chi connectivity index (χ3v) is 2.60. The molecule has 4 nitrogen and oxygen atoms in total. The molecule has 0 fully saturated rings. The fourth-order valence-electron chi connectivity index (χ4n) is 1.01. The minimum Gasteiger partial charge on any atom is -0.481 e. The summed E-state index contributed by atoms with van der Waals surface area (Å²) in [4.78, 5) is 14.7. The van der Waals surface area contributed by atoms with Gasteiger partial charge in [0.2, 0.25) is 0 Å². The summed E-state index contributed by atoms with van der Waals surface area (Å²) in [6, 6.07) is 0. The van der Waals surface area contributed by atoms with Crippen LogP contribution in [-0.4, -0.2) is 21.6 Å². The highest BCUT2D eigenvalue weighted by Crippen LogP contribution is 2.11. The Labute approximate surface area is 93.4 Å². The number of carboxylic acids is 1. The third-order valence-electron chi connectivity index (χ3n) is 1.70. The number of hydrogen-bond donors (Lipinski definition) is 2. The molecule has 0 radical (unpaired) electrons. The zero-order chi connectivity index (χ0) is 11.5. The topological polar surface area (TPSA) is 62.2 Å². The lowest BCUT2D eigenvalue weighted by Crippen LogP contribution is -2.35. The van der Waals surface area contributed by atoms with Gasteiger partial charge in [0.25, 0.3) is 0 Å². The number of aromatic nitrogens is 1. The normalized spacial score (nSPS) is 11.7. The van der Waals surface area contributed by atoms with E-state index in [0.29, 0.717) is 12.2 Å². The maximum absolute atomic E-state index is 10.4. The Bertz CT molecular complexity index is 341. The Morgan fingerprint density at radius 2 is 2.27 bits per heavy atom. The van der Waals surface area contributed by atoms with E-state index in [0.717, 1.165) is 5.01 Å². The van der Waals surface area contributed by atoms with Crippen LogP contribution < -0.4 is 5.32 Å². The van der Waals surface area contributed by atoms with Crippen molar-refractivity contribution in [3.8, 4) is 0 Å². The molecule has 0 aliphatic carbocycles. The zero-order valence-electron chi connectivity index (χ0n) is 9.20. The molecule has 1 heterocycles. The van der Waals surface area contributed by atoms with Gasteiger partial charge in [-0.3, -0.25) is 4.79 Å². The Kier molecular flexibility index (Phi) is 3.82. The van der Waals surface area contributed by atoms with Crippen molar-refractivity contribution in [2.75, 3.05) is 0 Å². The molecule has 1 aromatic heterocycles. The molecule has 0 saturated heterocycles. The summed E-state index contributed by atoms with van der Waals surface area (Å²) in [7, 11) is 0. The van der Waals surface area contributed by atoms with E-state index in [2.05, 4.69) is 31.1 Å². The molecule has 1 aromatic rings. The smallest absolute Gasteiger partial charge is 0.309 e. The third kappa shape index (κ3) is 4.90. The van der Waals surface area contributed by atoms with E-state index in [1.807, 2.05) is 0 Å². The highest BCUT2D eigenvalue weighted by Gasteiger charge is 2.11. The molecule has 0 aliphatic rings. The number of carboxylic acid groups (broad SMARTS) is 1. The lowest BCUT2D eigenvalue weighted by atomic mass is 10.1. The van der Waals surface area contributed by atoms with Crippen molar-refractivity contribution in [2.45, 2.75) is 39.3 Å². The SMILES string of the molecule is CC(C)(C)NCc1nc(CC(=O)O)cs1. The average Bonchev–Trinajstić information content (AvgIpc) is 2.46. The van der Waals surface area contributed by atoms with Crippen LogP contribution >= 0.6 is 11.3 Å². The van der Waals surface area contributed by atoms with Crippen LogP contribution in [0.3, 0.4) is 0 Å². The van der Waals surface area contributed by atoms with Gasteiger partial charge >= 0.3 is 5.97 Å². The molecule has 0 saturated carbocycles. The number of nitrogens with one attached hydrogen (secondary N) is 1. The van der Waals surface area contributed by atoms with Crippen LogP contribution in [0.1, 0.15) is 31.5 Å². The summed E-state index contributed by atoms with van der Waals surface area (Å²) in [5.74, 6) is -0.837. The molecule has 0 bridgehead atoms. The van der Waals surface area contributed by atoms with Crippen LogP contribution in [0.4, 0.5) is 0 Å². The number of nitrogens with zero attached hydrogens (tertiary/aromatic N) is 1. The molecule has 0 spiro atoms. The van der Waals surface area contributed by atoms with E-state index in [-0.39, 0.29) is 12.0 Å². The number of aliphatic carboxylic acids is 1. The summed E-state index contributed by atoms with van der Waals surface area (Å²) in [6.07, 6.45) is 0.00597. The standard InChI is InChI=1S/C10H16N2O2S/c1-10(2,3)11-5-8-12-7(6-15-8)4-9(13)14/h6,11H,4-5H2,1-3H3,(H,13,14). The van der Waals surface area contributed by atoms with Crippen molar-refractivity contribution in [3.63, 3.8) is 0 Å². The maximum Gasteiger partial charge on any atom is 0.309 e. The number of rotatable bonds is 4.